The van der Waals surface area contributed by atoms with Gasteiger partial charge in [0, 0.05) is 6.54 Å². The van der Waals surface area contributed by atoms with Gasteiger partial charge in [0.05, 0.1) is 19.5 Å². The van der Waals surface area contributed by atoms with E-state index in [-0.39, 0.29) is 12.6 Å². The molecule has 2 aromatic rings. The van der Waals surface area contributed by atoms with Crippen LogP contribution >= 0.6 is 7.60 Å². The number of hydrogen-bond acceptors (Lipinski definition) is 7. The van der Waals surface area contributed by atoms with Crippen molar-refractivity contribution in [2.75, 3.05) is 25.3 Å². The molecule has 2 rings (SSSR count). The largest absolute Gasteiger partial charge is 0.476 e. The van der Waals surface area contributed by atoms with Gasteiger partial charge < -0.3 is 29.6 Å². The maximum Gasteiger partial charge on any atom is 0.350 e. The highest BCUT2D eigenvalue weighted by atomic mass is 31.2. The first-order valence-electron chi connectivity index (χ1n) is 6.64. The van der Waals surface area contributed by atoms with Crippen molar-refractivity contribution >= 4 is 24.7 Å². The van der Waals surface area contributed by atoms with Crippen LogP contribution in [-0.2, 0) is 15.8 Å². The Hall–Kier alpha value is -1.74. The Bertz CT molecular complexity index is 685. The van der Waals surface area contributed by atoms with Gasteiger partial charge in [0.15, 0.2) is 11.2 Å². The summed E-state index contributed by atoms with van der Waals surface area (Å²) in [7, 11) is -4.16. The van der Waals surface area contributed by atoms with Crippen molar-refractivity contribution in [3.63, 3.8) is 0 Å². The van der Waals surface area contributed by atoms with Crippen LogP contribution in [0.3, 0.4) is 0 Å². The lowest BCUT2D eigenvalue weighted by atomic mass is 10.5. The Kier molecular flexibility index (Phi) is 5.30. The van der Waals surface area contributed by atoms with Crippen LogP contribution < -0.4 is 10.5 Å². The maximum atomic E-state index is 10.7. The van der Waals surface area contributed by atoms with Gasteiger partial charge in [-0.25, -0.2) is 4.98 Å². The number of rotatable bonds is 8. The van der Waals surface area contributed by atoms with E-state index in [1.54, 1.807) is 4.57 Å². The molecule has 22 heavy (non-hydrogen) atoms. The van der Waals surface area contributed by atoms with Crippen LogP contribution in [0.4, 0.5) is 5.95 Å². The van der Waals surface area contributed by atoms with Gasteiger partial charge in [-0.15, -0.1) is 0 Å². The lowest BCUT2D eigenvalue weighted by Crippen LogP contribution is -2.08. The van der Waals surface area contributed by atoms with E-state index in [0.717, 1.165) is 6.42 Å². The van der Waals surface area contributed by atoms with Gasteiger partial charge in [-0.3, -0.25) is 4.57 Å². The Morgan fingerprint density at radius 2 is 2.14 bits per heavy atom. The molecule has 0 fully saturated rings. The number of anilines is 1. The first-order chi connectivity index (χ1) is 10.4. The number of nitrogens with two attached hydrogens (primary N) is 1. The van der Waals surface area contributed by atoms with Crippen LogP contribution in [0, 0.1) is 0 Å². The fourth-order valence-electron chi connectivity index (χ4n) is 1.74. The summed E-state index contributed by atoms with van der Waals surface area (Å²) in [6.45, 7) is 2.88. The molecule has 0 aromatic carbocycles. The van der Waals surface area contributed by atoms with Crippen molar-refractivity contribution in [3.8, 4) is 5.88 Å². The summed E-state index contributed by atoms with van der Waals surface area (Å²) in [6, 6.07) is 0. The molecule has 0 spiro atoms. The van der Waals surface area contributed by atoms with Crippen LogP contribution in [0.1, 0.15) is 13.3 Å². The summed E-state index contributed by atoms with van der Waals surface area (Å²) in [4.78, 5) is 29.7. The van der Waals surface area contributed by atoms with Gasteiger partial charge in [-0.1, -0.05) is 6.92 Å². The Labute approximate surface area is 126 Å². The average molecular weight is 331 g/mol. The molecule has 0 radical (unpaired) electrons. The third kappa shape index (κ3) is 4.38. The average Bonchev–Trinajstić information content (AvgIpc) is 2.83. The smallest absolute Gasteiger partial charge is 0.350 e. The summed E-state index contributed by atoms with van der Waals surface area (Å²) in [5, 5.41) is 0. The Balaban J connectivity index is 2.11. The fraction of sp³-hybridized carbons (Fsp3) is 0.545. The van der Waals surface area contributed by atoms with E-state index in [1.807, 2.05) is 6.92 Å². The third-order valence-corrected chi connectivity index (χ3v) is 3.15. The van der Waals surface area contributed by atoms with Crippen molar-refractivity contribution in [1.82, 2.24) is 19.5 Å². The molecular weight excluding hydrogens is 313 g/mol. The maximum absolute atomic E-state index is 10.7. The molecule has 0 atom stereocenters. The van der Waals surface area contributed by atoms with Gasteiger partial charge in [0.1, 0.15) is 6.35 Å². The molecule has 0 amide bonds. The van der Waals surface area contributed by atoms with E-state index in [0.29, 0.717) is 30.2 Å². The summed E-state index contributed by atoms with van der Waals surface area (Å²) < 4.78 is 22.8. The number of ether oxygens (including phenoxy) is 2. The zero-order valence-electron chi connectivity index (χ0n) is 12.0. The van der Waals surface area contributed by atoms with Gasteiger partial charge >= 0.3 is 7.60 Å². The monoisotopic (exact) mass is 331 g/mol. The minimum absolute atomic E-state index is 0.0662. The lowest BCUT2D eigenvalue weighted by molar-refractivity contribution is 0.149. The van der Waals surface area contributed by atoms with Crippen molar-refractivity contribution in [2.24, 2.45) is 0 Å². The molecule has 11 heteroatoms. The highest BCUT2D eigenvalue weighted by Crippen LogP contribution is 2.33. The number of nitrogen functional groups attached to an aromatic ring is 1. The molecule has 0 aliphatic rings. The lowest BCUT2D eigenvalue weighted by Gasteiger charge is -2.08. The molecule has 0 saturated heterocycles. The van der Waals surface area contributed by atoms with Crippen molar-refractivity contribution in [3.05, 3.63) is 6.33 Å². The van der Waals surface area contributed by atoms with E-state index >= 15 is 0 Å². The highest BCUT2D eigenvalue weighted by Gasteiger charge is 2.15. The zero-order chi connectivity index (χ0) is 16.2. The van der Waals surface area contributed by atoms with Crippen molar-refractivity contribution in [1.29, 1.82) is 0 Å². The number of imidazole rings is 1. The van der Waals surface area contributed by atoms with E-state index in [1.165, 1.54) is 6.33 Å². The van der Waals surface area contributed by atoms with E-state index in [2.05, 4.69) is 15.0 Å². The second-order valence-corrected chi connectivity index (χ2v) is 6.14. The molecule has 4 N–H and O–H groups in total. The molecular formula is C11H18N5O5P. The second-order valence-electron chi connectivity index (χ2n) is 4.55. The molecule has 0 aliphatic carbocycles. The van der Waals surface area contributed by atoms with Gasteiger partial charge in [0.2, 0.25) is 11.8 Å². The van der Waals surface area contributed by atoms with E-state index in [9.17, 15) is 4.57 Å². The summed E-state index contributed by atoms with van der Waals surface area (Å²) >= 11 is 0. The fourth-order valence-corrected chi connectivity index (χ4v) is 2.11. The van der Waals surface area contributed by atoms with Gasteiger partial charge in [-0.2, -0.15) is 9.97 Å². The Morgan fingerprint density at radius 3 is 2.82 bits per heavy atom. The third-order valence-electron chi connectivity index (χ3n) is 2.63. The topological polar surface area (TPSA) is 146 Å². The number of aromatic nitrogens is 4. The molecule has 122 valence electrons. The minimum Gasteiger partial charge on any atom is -0.476 e. The second kappa shape index (κ2) is 7.01. The van der Waals surface area contributed by atoms with Crippen LogP contribution in [0.2, 0.25) is 0 Å². The van der Waals surface area contributed by atoms with Crippen molar-refractivity contribution < 1.29 is 23.8 Å². The molecule has 0 aliphatic heterocycles. The molecule has 2 heterocycles. The van der Waals surface area contributed by atoms with E-state index < -0.39 is 13.9 Å². The normalized spacial score (nSPS) is 12.0. The number of nitrogens with zero attached hydrogens (tertiary/aromatic N) is 4. The number of hydrogen-bond donors (Lipinski definition) is 3. The van der Waals surface area contributed by atoms with Crippen LogP contribution in [0.25, 0.3) is 11.2 Å². The van der Waals surface area contributed by atoms with Crippen LogP contribution in [0.15, 0.2) is 6.33 Å². The minimum atomic E-state index is -4.16. The standard InChI is InChI=1S/C11H18N5O5P/c1-2-4-21-10-8-9(14-11(12)15-10)16(6-13-8)3-5-20-7-22(17,18)19/h6H,2-5,7H2,1H3,(H2,12,14,15)(H2,17,18,19). The highest BCUT2D eigenvalue weighted by molar-refractivity contribution is 7.51. The Morgan fingerprint density at radius 1 is 1.36 bits per heavy atom. The predicted octanol–water partition coefficient (Wildman–Crippen LogP) is 0.349. The molecule has 0 unspecified atom stereocenters. The first-order valence-corrected chi connectivity index (χ1v) is 8.44. The SMILES string of the molecule is CCCOc1nc(N)nc2c1ncn2CCOCP(=O)(O)O. The zero-order valence-corrected chi connectivity index (χ0v) is 12.9. The van der Waals surface area contributed by atoms with Gasteiger partial charge in [0.25, 0.3) is 0 Å². The summed E-state index contributed by atoms with van der Waals surface area (Å²) in [5.41, 5.74) is 6.63. The number of fused-ring (bicyclic) bond motifs is 1. The summed E-state index contributed by atoms with van der Waals surface area (Å²) in [5.74, 6) is 0.385. The van der Waals surface area contributed by atoms with E-state index in [4.69, 9.17) is 25.0 Å². The summed E-state index contributed by atoms with van der Waals surface area (Å²) in [6.07, 6.45) is 1.72. The first kappa shape index (κ1) is 16.6. The van der Waals surface area contributed by atoms with Crippen molar-refractivity contribution in [2.45, 2.75) is 19.9 Å². The van der Waals surface area contributed by atoms with Crippen LogP contribution in [0.5, 0.6) is 5.88 Å². The van der Waals surface area contributed by atoms with Crippen LogP contribution in [-0.4, -0.2) is 48.9 Å². The molecule has 0 bridgehead atoms. The molecule has 0 saturated carbocycles. The predicted molar refractivity (Wildman–Crippen MR) is 78.4 cm³/mol. The quantitative estimate of drug-likeness (QED) is 0.460. The van der Waals surface area contributed by atoms with Gasteiger partial charge in [-0.05, 0) is 6.42 Å². The molecule has 10 nitrogen and oxygen atoms in total. The molecule has 2 aromatic heterocycles.